The van der Waals surface area contributed by atoms with E-state index in [1.54, 1.807) is 18.2 Å². The van der Waals surface area contributed by atoms with Crippen molar-refractivity contribution in [2.75, 3.05) is 25.0 Å². The lowest BCUT2D eigenvalue weighted by Crippen LogP contribution is -2.30. The Bertz CT molecular complexity index is 1280. The normalized spacial score (nSPS) is 17.7. The van der Waals surface area contributed by atoms with Crippen LogP contribution in [0, 0.1) is 5.82 Å². The number of amides is 2. The van der Waals surface area contributed by atoms with E-state index in [2.05, 4.69) is 25.5 Å². The van der Waals surface area contributed by atoms with Gasteiger partial charge in [0, 0.05) is 24.7 Å². The minimum Gasteiger partial charge on any atom is -0.457 e. The molecule has 5 rings (SSSR count). The molecule has 0 bridgehead atoms. The number of nitrogens with zero attached hydrogens (tertiary/aromatic N) is 3. The molecule has 10 heteroatoms. The molecule has 2 aliphatic heterocycles. The first-order valence-corrected chi connectivity index (χ1v) is 12.0. The quantitative estimate of drug-likeness (QED) is 0.444. The smallest absolute Gasteiger partial charge is 0.267 e. The molecule has 4 N–H and O–H groups in total. The lowest BCUT2D eigenvalue weighted by molar-refractivity contribution is -0.119. The molecule has 2 saturated heterocycles. The Hall–Kier alpha value is -4.05. The topological polar surface area (TPSA) is 122 Å². The second-order valence-electron chi connectivity index (χ2n) is 8.96. The summed E-state index contributed by atoms with van der Waals surface area (Å²) in [5.74, 6) is 0.654. The summed E-state index contributed by atoms with van der Waals surface area (Å²) in [4.78, 5) is 35.5. The van der Waals surface area contributed by atoms with Crippen LogP contribution in [0.3, 0.4) is 0 Å². The van der Waals surface area contributed by atoms with Gasteiger partial charge in [0.25, 0.3) is 5.91 Å². The van der Waals surface area contributed by atoms with Gasteiger partial charge in [-0.3, -0.25) is 14.5 Å². The van der Waals surface area contributed by atoms with Crippen LogP contribution in [0.5, 0.6) is 11.5 Å². The van der Waals surface area contributed by atoms with Gasteiger partial charge < -0.3 is 21.1 Å². The Labute approximate surface area is 207 Å². The summed E-state index contributed by atoms with van der Waals surface area (Å²) in [5, 5.41) is 5.88. The van der Waals surface area contributed by atoms with E-state index in [1.165, 1.54) is 18.2 Å². The number of hydrogen-bond acceptors (Lipinski definition) is 7. The number of nitrogens with two attached hydrogens (primary N) is 1. The van der Waals surface area contributed by atoms with E-state index < -0.39 is 11.9 Å². The first kappa shape index (κ1) is 23.7. The summed E-state index contributed by atoms with van der Waals surface area (Å²) in [6.45, 7) is 3.18. The Morgan fingerprint density at radius 3 is 2.56 bits per heavy atom. The van der Waals surface area contributed by atoms with Crippen molar-refractivity contribution in [1.82, 2.24) is 20.2 Å². The molecule has 0 saturated carbocycles. The van der Waals surface area contributed by atoms with Gasteiger partial charge in [-0.05, 0) is 80.4 Å². The Balaban J connectivity index is 1.51. The number of nitrogens with one attached hydrogen (secondary N) is 2. The van der Waals surface area contributed by atoms with Crippen molar-refractivity contribution < 1.29 is 18.7 Å². The van der Waals surface area contributed by atoms with Gasteiger partial charge in [-0.15, -0.1) is 0 Å². The minimum atomic E-state index is -0.685. The minimum absolute atomic E-state index is 0.0552. The molecule has 0 spiro atoms. The van der Waals surface area contributed by atoms with Crippen LogP contribution in [0.4, 0.5) is 10.2 Å². The molecule has 0 aliphatic carbocycles. The van der Waals surface area contributed by atoms with Crippen LogP contribution in [0.15, 0.2) is 48.5 Å². The van der Waals surface area contributed by atoms with Gasteiger partial charge in [0.1, 0.15) is 34.9 Å². The lowest BCUT2D eigenvalue weighted by atomic mass is 10.1. The molecular formula is C26H27FN6O3. The highest BCUT2D eigenvalue weighted by molar-refractivity contribution is 5.92. The van der Waals surface area contributed by atoms with E-state index in [9.17, 15) is 14.0 Å². The molecule has 36 heavy (non-hydrogen) atoms. The van der Waals surface area contributed by atoms with E-state index in [-0.39, 0.29) is 17.4 Å². The molecule has 2 aromatic carbocycles. The highest BCUT2D eigenvalue weighted by Gasteiger charge is 2.25. The number of anilines is 1. The first-order valence-electron chi connectivity index (χ1n) is 12.0. The van der Waals surface area contributed by atoms with Crippen LogP contribution in [0.1, 0.15) is 35.3 Å². The Kier molecular flexibility index (Phi) is 6.77. The molecule has 2 amide bonds. The number of benzene rings is 2. The SMILES string of the molecule is NC(=O)c1cc(NC2CCNC2=O)nc(-c2ccc(Oc3ccc(F)cc3)cc2CN2CCCC2)n1. The molecule has 1 atom stereocenters. The number of carbonyl (C=O) groups excluding carboxylic acids is 2. The van der Waals surface area contributed by atoms with E-state index in [0.717, 1.165) is 37.1 Å². The third-order valence-electron chi connectivity index (χ3n) is 6.31. The maximum absolute atomic E-state index is 13.3. The fourth-order valence-electron chi connectivity index (χ4n) is 4.48. The van der Waals surface area contributed by atoms with Crippen molar-refractivity contribution in [1.29, 1.82) is 0 Å². The summed E-state index contributed by atoms with van der Waals surface area (Å²) in [5.41, 5.74) is 7.27. The van der Waals surface area contributed by atoms with Crippen molar-refractivity contribution in [2.45, 2.75) is 31.8 Å². The number of halogens is 1. The highest BCUT2D eigenvalue weighted by atomic mass is 19.1. The largest absolute Gasteiger partial charge is 0.457 e. The summed E-state index contributed by atoms with van der Waals surface area (Å²) in [6.07, 6.45) is 2.87. The van der Waals surface area contributed by atoms with Crippen LogP contribution < -0.4 is 21.1 Å². The second-order valence-corrected chi connectivity index (χ2v) is 8.96. The number of aromatic nitrogens is 2. The van der Waals surface area contributed by atoms with Crippen molar-refractivity contribution in [3.05, 3.63) is 65.6 Å². The second kappa shape index (κ2) is 10.3. The molecule has 186 valence electrons. The molecule has 0 radical (unpaired) electrons. The number of ether oxygens (including phenoxy) is 1. The molecule has 2 fully saturated rings. The summed E-state index contributed by atoms with van der Waals surface area (Å²) < 4.78 is 19.3. The monoisotopic (exact) mass is 490 g/mol. The zero-order valence-electron chi connectivity index (χ0n) is 19.7. The van der Waals surface area contributed by atoms with Gasteiger partial charge >= 0.3 is 0 Å². The van der Waals surface area contributed by atoms with Gasteiger partial charge in [0.2, 0.25) is 5.91 Å². The molecule has 3 aromatic rings. The van der Waals surface area contributed by atoms with Crippen LogP contribution >= 0.6 is 0 Å². The molecule has 2 aliphatic rings. The summed E-state index contributed by atoms with van der Waals surface area (Å²) >= 11 is 0. The maximum atomic E-state index is 13.3. The number of likely N-dealkylation sites (tertiary alicyclic amines) is 1. The average Bonchev–Trinajstić information content (AvgIpc) is 3.52. The summed E-state index contributed by atoms with van der Waals surface area (Å²) in [6, 6.07) is 12.4. The van der Waals surface area contributed by atoms with Gasteiger partial charge in [-0.1, -0.05) is 0 Å². The number of carbonyl (C=O) groups is 2. The number of primary amides is 1. The maximum Gasteiger partial charge on any atom is 0.267 e. The third-order valence-corrected chi connectivity index (χ3v) is 6.31. The van der Waals surface area contributed by atoms with Gasteiger partial charge in [0.15, 0.2) is 5.82 Å². The zero-order chi connectivity index (χ0) is 25.1. The predicted molar refractivity (Wildman–Crippen MR) is 132 cm³/mol. The van der Waals surface area contributed by atoms with E-state index in [0.29, 0.717) is 42.7 Å². The van der Waals surface area contributed by atoms with Crippen molar-refractivity contribution in [3.8, 4) is 22.9 Å². The van der Waals surface area contributed by atoms with Crippen LogP contribution in [0.25, 0.3) is 11.4 Å². The Morgan fingerprint density at radius 1 is 1.11 bits per heavy atom. The molecule has 1 unspecified atom stereocenters. The molecular weight excluding hydrogens is 463 g/mol. The fraction of sp³-hybridized carbons (Fsp3) is 0.308. The standard InChI is InChI=1S/C26H27FN6O3/c27-17-3-5-18(6-4-17)36-19-7-8-20(16(13-19)15-33-11-1-2-12-33)25-31-22(24(28)34)14-23(32-25)30-21-9-10-29-26(21)35/h3-8,13-14,21H,1-2,9-12,15H2,(H2,28,34)(H,29,35)(H,30,31,32). The van der Waals surface area contributed by atoms with Gasteiger partial charge in [0.05, 0.1) is 0 Å². The summed E-state index contributed by atoms with van der Waals surface area (Å²) in [7, 11) is 0. The zero-order valence-corrected chi connectivity index (χ0v) is 19.7. The molecule has 9 nitrogen and oxygen atoms in total. The van der Waals surface area contributed by atoms with E-state index in [1.807, 2.05) is 12.1 Å². The highest BCUT2D eigenvalue weighted by Crippen LogP contribution is 2.31. The van der Waals surface area contributed by atoms with Crippen molar-refractivity contribution >= 4 is 17.6 Å². The number of hydrogen-bond donors (Lipinski definition) is 3. The van der Waals surface area contributed by atoms with Crippen LogP contribution in [-0.2, 0) is 11.3 Å². The van der Waals surface area contributed by atoms with Gasteiger partial charge in [-0.25, -0.2) is 14.4 Å². The molecule has 1 aromatic heterocycles. The third kappa shape index (κ3) is 5.44. The Morgan fingerprint density at radius 2 is 1.86 bits per heavy atom. The lowest BCUT2D eigenvalue weighted by Gasteiger charge is -2.19. The molecule has 3 heterocycles. The van der Waals surface area contributed by atoms with Gasteiger partial charge in [-0.2, -0.15) is 0 Å². The first-order chi connectivity index (χ1) is 17.4. The van der Waals surface area contributed by atoms with E-state index in [4.69, 9.17) is 10.5 Å². The van der Waals surface area contributed by atoms with Crippen LogP contribution in [0.2, 0.25) is 0 Å². The van der Waals surface area contributed by atoms with Crippen molar-refractivity contribution in [2.24, 2.45) is 5.73 Å². The predicted octanol–water partition coefficient (Wildman–Crippen LogP) is 3.07. The fourth-order valence-corrected chi connectivity index (χ4v) is 4.48. The van der Waals surface area contributed by atoms with Crippen molar-refractivity contribution in [3.63, 3.8) is 0 Å². The average molecular weight is 491 g/mol. The van der Waals surface area contributed by atoms with E-state index >= 15 is 0 Å². The number of rotatable bonds is 8. The van der Waals surface area contributed by atoms with Crippen LogP contribution in [-0.4, -0.2) is 52.4 Å².